The van der Waals surface area contributed by atoms with Crippen molar-refractivity contribution >= 4 is 17.1 Å². The molecule has 0 unspecified atom stereocenters. The minimum Gasteiger partial charge on any atom is -0.293 e. The Hall–Kier alpha value is -0.630. The van der Waals surface area contributed by atoms with Crippen LogP contribution in [0.4, 0.5) is 0 Å². The van der Waals surface area contributed by atoms with Gasteiger partial charge in [-0.05, 0) is 38.3 Å². The molecule has 1 aliphatic carbocycles. The first-order valence-corrected chi connectivity index (χ1v) is 7.61. The van der Waals surface area contributed by atoms with Crippen LogP contribution in [-0.2, 0) is 0 Å². The van der Waals surface area contributed by atoms with Crippen molar-refractivity contribution in [1.29, 1.82) is 0 Å². The van der Waals surface area contributed by atoms with E-state index in [-0.39, 0.29) is 0 Å². The highest BCUT2D eigenvalue weighted by molar-refractivity contribution is 7.14. The van der Waals surface area contributed by atoms with Gasteiger partial charge in [0, 0.05) is 10.8 Å². The second kappa shape index (κ2) is 5.81. The van der Waals surface area contributed by atoms with Gasteiger partial charge in [0.05, 0.1) is 4.88 Å². The molecular formula is C15H22OS. The quantitative estimate of drug-likeness (QED) is 0.682. The Kier molecular flexibility index (Phi) is 4.38. The van der Waals surface area contributed by atoms with E-state index in [0.717, 1.165) is 17.7 Å². The zero-order chi connectivity index (χ0) is 12.3. The molecule has 0 N–H and O–H groups in total. The average molecular weight is 250 g/mol. The highest BCUT2D eigenvalue weighted by atomic mass is 32.1. The number of hydrogen-bond donors (Lipinski definition) is 0. The molecule has 1 aromatic heterocycles. The normalized spacial score (nSPS) is 18.7. The summed E-state index contributed by atoms with van der Waals surface area (Å²) in [6, 6.07) is 2.14. The van der Waals surface area contributed by atoms with Gasteiger partial charge in [0.1, 0.15) is 0 Å². The number of rotatable bonds is 2. The Bertz CT molecular complexity index is 384. The van der Waals surface area contributed by atoms with E-state index >= 15 is 0 Å². The van der Waals surface area contributed by atoms with Crippen LogP contribution < -0.4 is 0 Å². The fourth-order valence-corrected chi connectivity index (χ4v) is 3.83. The Labute approximate surface area is 108 Å². The fourth-order valence-electron chi connectivity index (χ4n) is 2.79. The van der Waals surface area contributed by atoms with Gasteiger partial charge in [-0.25, -0.2) is 0 Å². The molecule has 94 valence electrons. The first-order valence-electron chi connectivity index (χ1n) is 6.79. The number of thiophene rings is 1. The van der Waals surface area contributed by atoms with Gasteiger partial charge in [0.25, 0.3) is 0 Å². The van der Waals surface area contributed by atoms with Crippen LogP contribution in [0, 0.1) is 19.8 Å². The van der Waals surface area contributed by atoms with E-state index < -0.39 is 0 Å². The van der Waals surface area contributed by atoms with Gasteiger partial charge in [-0.2, -0.15) is 0 Å². The first kappa shape index (κ1) is 12.8. The number of carbonyl (C=O) groups excluding carboxylic acids is 1. The van der Waals surface area contributed by atoms with Gasteiger partial charge in [-0.1, -0.05) is 32.1 Å². The third kappa shape index (κ3) is 3.19. The largest absolute Gasteiger partial charge is 0.293 e. The van der Waals surface area contributed by atoms with Crippen LogP contribution in [0.2, 0.25) is 0 Å². The van der Waals surface area contributed by atoms with Crippen LogP contribution in [0.25, 0.3) is 0 Å². The lowest BCUT2D eigenvalue weighted by Gasteiger charge is -2.18. The second-order valence-corrected chi connectivity index (χ2v) is 6.53. The van der Waals surface area contributed by atoms with Crippen LogP contribution >= 0.6 is 11.3 Å². The highest BCUT2D eigenvalue weighted by Gasteiger charge is 2.23. The molecule has 1 heterocycles. The molecule has 0 saturated heterocycles. The molecule has 1 fully saturated rings. The molecular weight excluding hydrogens is 228 g/mol. The maximum absolute atomic E-state index is 12.5. The van der Waals surface area contributed by atoms with Gasteiger partial charge in [-0.3, -0.25) is 4.79 Å². The summed E-state index contributed by atoms with van der Waals surface area (Å²) in [7, 11) is 0. The standard InChI is InChI=1S/C15H22OS/c1-11-10-12(2)17-15(11)14(16)13-8-6-4-3-5-7-9-13/h10,13H,3-9H2,1-2H3. The Morgan fingerprint density at radius 3 is 2.24 bits per heavy atom. The van der Waals surface area contributed by atoms with Gasteiger partial charge >= 0.3 is 0 Å². The molecule has 1 saturated carbocycles. The van der Waals surface area contributed by atoms with Crippen molar-refractivity contribution in [3.63, 3.8) is 0 Å². The Morgan fingerprint density at radius 2 is 1.71 bits per heavy atom. The Morgan fingerprint density at radius 1 is 1.12 bits per heavy atom. The van der Waals surface area contributed by atoms with Crippen molar-refractivity contribution < 1.29 is 4.79 Å². The predicted molar refractivity (Wildman–Crippen MR) is 73.9 cm³/mol. The smallest absolute Gasteiger partial charge is 0.176 e. The third-order valence-corrected chi connectivity index (χ3v) is 4.91. The summed E-state index contributed by atoms with van der Waals surface area (Å²) >= 11 is 1.68. The first-order chi connectivity index (χ1) is 8.18. The Balaban J connectivity index is 2.09. The van der Waals surface area contributed by atoms with E-state index in [2.05, 4.69) is 19.9 Å². The lowest BCUT2D eigenvalue weighted by atomic mass is 9.87. The number of ketones is 1. The molecule has 2 heteroatoms. The summed E-state index contributed by atoms with van der Waals surface area (Å²) in [5, 5.41) is 0. The molecule has 2 rings (SSSR count). The minimum atomic E-state index is 0.298. The average Bonchev–Trinajstić information content (AvgIpc) is 2.56. The lowest BCUT2D eigenvalue weighted by molar-refractivity contribution is 0.0902. The summed E-state index contributed by atoms with van der Waals surface area (Å²) in [5.74, 6) is 0.717. The number of aryl methyl sites for hydroxylation is 2. The molecule has 0 atom stereocenters. The van der Waals surface area contributed by atoms with Crippen LogP contribution in [0.5, 0.6) is 0 Å². The SMILES string of the molecule is Cc1cc(C)c(C(=O)C2CCCCCCC2)s1. The summed E-state index contributed by atoms with van der Waals surface area (Å²) in [6.07, 6.45) is 8.67. The molecule has 0 aliphatic heterocycles. The van der Waals surface area contributed by atoms with Crippen LogP contribution in [0.15, 0.2) is 6.07 Å². The zero-order valence-electron chi connectivity index (χ0n) is 10.9. The van der Waals surface area contributed by atoms with Gasteiger partial charge in [0.15, 0.2) is 5.78 Å². The molecule has 0 radical (unpaired) electrons. The molecule has 1 aromatic rings. The van der Waals surface area contributed by atoms with Crippen molar-refractivity contribution in [1.82, 2.24) is 0 Å². The maximum Gasteiger partial charge on any atom is 0.176 e. The second-order valence-electron chi connectivity index (χ2n) is 5.28. The van der Waals surface area contributed by atoms with Crippen molar-refractivity contribution in [3.8, 4) is 0 Å². The van der Waals surface area contributed by atoms with Crippen molar-refractivity contribution in [2.24, 2.45) is 5.92 Å². The van der Waals surface area contributed by atoms with E-state index in [0.29, 0.717) is 11.7 Å². The topological polar surface area (TPSA) is 17.1 Å². The van der Waals surface area contributed by atoms with Gasteiger partial charge < -0.3 is 0 Å². The zero-order valence-corrected chi connectivity index (χ0v) is 11.7. The summed E-state index contributed by atoms with van der Waals surface area (Å²) in [6.45, 7) is 4.16. The van der Waals surface area contributed by atoms with Crippen LogP contribution in [-0.4, -0.2) is 5.78 Å². The molecule has 1 aliphatic rings. The van der Waals surface area contributed by atoms with E-state index in [9.17, 15) is 4.79 Å². The number of Topliss-reactive ketones (excluding diaryl/α,β-unsaturated/α-hetero) is 1. The van der Waals surface area contributed by atoms with Crippen molar-refractivity contribution in [3.05, 3.63) is 21.4 Å². The van der Waals surface area contributed by atoms with Gasteiger partial charge in [-0.15, -0.1) is 11.3 Å². The third-order valence-electron chi connectivity index (χ3n) is 3.74. The maximum atomic E-state index is 12.5. The monoisotopic (exact) mass is 250 g/mol. The minimum absolute atomic E-state index is 0.298. The van der Waals surface area contributed by atoms with E-state index in [1.165, 1.54) is 42.5 Å². The summed E-state index contributed by atoms with van der Waals surface area (Å²) in [5.41, 5.74) is 1.18. The molecule has 0 spiro atoms. The van der Waals surface area contributed by atoms with Crippen molar-refractivity contribution in [2.45, 2.75) is 58.8 Å². The summed E-state index contributed by atoms with van der Waals surface area (Å²) < 4.78 is 0. The predicted octanol–water partition coefficient (Wildman–Crippen LogP) is 4.91. The fraction of sp³-hybridized carbons (Fsp3) is 0.667. The molecule has 0 bridgehead atoms. The van der Waals surface area contributed by atoms with Crippen LogP contribution in [0.3, 0.4) is 0 Å². The van der Waals surface area contributed by atoms with E-state index in [1.807, 2.05) is 0 Å². The van der Waals surface area contributed by atoms with Crippen molar-refractivity contribution in [2.75, 3.05) is 0 Å². The lowest BCUT2D eigenvalue weighted by Crippen LogP contribution is -2.15. The van der Waals surface area contributed by atoms with Crippen LogP contribution in [0.1, 0.15) is 65.1 Å². The molecule has 17 heavy (non-hydrogen) atoms. The van der Waals surface area contributed by atoms with E-state index in [4.69, 9.17) is 0 Å². The number of hydrogen-bond acceptors (Lipinski definition) is 2. The van der Waals surface area contributed by atoms with E-state index in [1.54, 1.807) is 11.3 Å². The summed E-state index contributed by atoms with van der Waals surface area (Å²) in [4.78, 5) is 14.8. The molecule has 1 nitrogen and oxygen atoms in total. The highest BCUT2D eigenvalue weighted by Crippen LogP contribution is 2.30. The molecule has 0 aromatic carbocycles. The molecule has 0 amide bonds. The number of carbonyl (C=O) groups is 1. The van der Waals surface area contributed by atoms with Gasteiger partial charge in [0.2, 0.25) is 0 Å².